The van der Waals surface area contributed by atoms with Crippen LogP contribution in [0.5, 0.6) is 0 Å². The molecule has 9 nitrogen and oxygen atoms in total. The molecule has 0 saturated carbocycles. The van der Waals surface area contributed by atoms with Gasteiger partial charge in [-0.2, -0.15) is 5.10 Å². The van der Waals surface area contributed by atoms with E-state index in [1.54, 1.807) is 13.8 Å². The highest BCUT2D eigenvalue weighted by atomic mass is 16.2. The summed E-state index contributed by atoms with van der Waals surface area (Å²) in [5.74, 6) is 1.59. The van der Waals surface area contributed by atoms with E-state index in [9.17, 15) is 9.59 Å². The van der Waals surface area contributed by atoms with E-state index in [0.717, 1.165) is 0 Å². The zero-order chi connectivity index (χ0) is 17.9. The van der Waals surface area contributed by atoms with E-state index >= 15 is 0 Å². The third-order valence-electron chi connectivity index (χ3n) is 3.50. The maximum atomic E-state index is 12.2. The number of carbonyl (C=O) groups excluding carboxylic acids is 1. The van der Waals surface area contributed by atoms with Crippen molar-refractivity contribution in [2.45, 2.75) is 46.8 Å². The van der Waals surface area contributed by atoms with Crippen molar-refractivity contribution in [1.29, 1.82) is 0 Å². The Hall–Kier alpha value is -2.55. The van der Waals surface area contributed by atoms with Crippen LogP contribution in [-0.2, 0) is 17.9 Å². The summed E-state index contributed by atoms with van der Waals surface area (Å²) in [5, 5.41) is 6.95. The molecule has 0 unspecified atom stereocenters. The van der Waals surface area contributed by atoms with Gasteiger partial charge in [0.15, 0.2) is 0 Å². The van der Waals surface area contributed by atoms with Crippen molar-refractivity contribution in [3.63, 3.8) is 0 Å². The van der Waals surface area contributed by atoms with Crippen molar-refractivity contribution in [3.8, 4) is 0 Å². The van der Waals surface area contributed by atoms with Crippen molar-refractivity contribution < 1.29 is 4.79 Å². The molecule has 1 amide bonds. The average Bonchev–Trinajstić information content (AvgIpc) is 2.83. The average molecular weight is 333 g/mol. The first-order valence-electron chi connectivity index (χ1n) is 7.76. The molecule has 24 heavy (non-hydrogen) atoms. The maximum absolute atomic E-state index is 12.2. The molecule has 0 spiro atoms. The third-order valence-corrected chi connectivity index (χ3v) is 3.50. The van der Waals surface area contributed by atoms with Gasteiger partial charge in [0.25, 0.3) is 5.56 Å². The van der Waals surface area contributed by atoms with E-state index in [2.05, 4.69) is 25.4 Å². The number of nitrogens with two attached hydrogens (primary N) is 1. The molecule has 2 heterocycles. The molecule has 0 aliphatic heterocycles. The summed E-state index contributed by atoms with van der Waals surface area (Å²) >= 11 is 0. The number of hydrogen-bond acceptors (Lipinski definition) is 6. The van der Waals surface area contributed by atoms with Gasteiger partial charge in [-0.15, -0.1) is 0 Å². The summed E-state index contributed by atoms with van der Waals surface area (Å²) in [7, 11) is 0. The fourth-order valence-corrected chi connectivity index (χ4v) is 2.25. The number of H-pyrrole nitrogens is 1. The minimum Gasteiger partial charge on any atom is -0.349 e. The number of aryl methyl sites for hydroxylation is 2. The number of amides is 1. The number of nitrogens with one attached hydrogen (secondary N) is 2. The van der Waals surface area contributed by atoms with Crippen LogP contribution in [0.15, 0.2) is 10.9 Å². The highest BCUT2D eigenvalue weighted by molar-refractivity contribution is 5.75. The molecule has 130 valence electrons. The Balaban J connectivity index is 2.03. The normalized spacial score (nSPS) is 12.4. The van der Waals surface area contributed by atoms with Gasteiger partial charge in [-0.3, -0.25) is 9.59 Å². The number of nitrogens with zero attached hydrogens (tertiary/aromatic N) is 4. The van der Waals surface area contributed by atoms with E-state index < -0.39 is 0 Å². The third kappa shape index (κ3) is 4.48. The van der Waals surface area contributed by atoms with Gasteiger partial charge in [-0.25, -0.2) is 14.6 Å². The topological polar surface area (TPSA) is 132 Å². The summed E-state index contributed by atoms with van der Waals surface area (Å²) < 4.78 is 1.52. The van der Waals surface area contributed by atoms with Crippen molar-refractivity contribution in [3.05, 3.63) is 39.6 Å². The predicted octanol–water partition coefficient (Wildman–Crippen LogP) is -0.0496. The molecule has 2 aromatic rings. The first-order valence-corrected chi connectivity index (χ1v) is 7.76. The Morgan fingerprint density at radius 2 is 2.08 bits per heavy atom. The molecular weight excluding hydrogens is 310 g/mol. The summed E-state index contributed by atoms with van der Waals surface area (Å²) in [4.78, 5) is 34.6. The maximum Gasteiger partial charge on any atom is 0.251 e. The largest absolute Gasteiger partial charge is 0.349 e. The first kappa shape index (κ1) is 17.8. The second kappa shape index (κ2) is 7.35. The lowest BCUT2D eigenvalue weighted by atomic mass is 10.1. The van der Waals surface area contributed by atoms with E-state index in [0.29, 0.717) is 23.2 Å². The molecule has 9 heteroatoms. The second-order valence-electron chi connectivity index (χ2n) is 6.04. The van der Waals surface area contributed by atoms with Gasteiger partial charge < -0.3 is 16.0 Å². The molecule has 0 bridgehead atoms. The van der Waals surface area contributed by atoms with Crippen LogP contribution in [0.2, 0.25) is 0 Å². The van der Waals surface area contributed by atoms with Crippen molar-refractivity contribution >= 4 is 5.91 Å². The fourth-order valence-electron chi connectivity index (χ4n) is 2.25. The minimum atomic E-state index is -0.295. The molecule has 1 atom stereocenters. The Morgan fingerprint density at radius 1 is 1.38 bits per heavy atom. The van der Waals surface area contributed by atoms with Crippen LogP contribution in [0.25, 0.3) is 0 Å². The van der Waals surface area contributed by atoms with Gasteiger partial charge in [0.2, 0.25) is 5.91 Å². The molecule has 4 N–H and O–H groups in total. The van der Waals surface area contributed by atoms with Gasteiger partial charge in [0, 0.05) is 6.07 Å². The van der Waals surface area contributed by atoms with Crippen molar-refractivity contribution in [1.82, 2.24) is 30.0 Å². The van der Waals surface area contributed by atoms with Crippen LogP contribution < -0.4 is 16.6 Å². The Morgan fingerprint density at radius 3 is 2.71 bits per heavy atom. The molecule has 2 aromatic heterocycles. The van der Waals surface area contributed by atoms with E-state index in [-0.39, 0.29) is 36.5 Å². The molecule has 2 rings (SSSR count). The van der Waals surface area contributed by atoms with Gasteiger partial charge in [0.05, 0.1) is 18.3 Å². The van der Waals surface area contributed by atoms with Crippen LogP contribution in [-0.4, -0.2) is 30.6 Å². The zero-order valence-corrected chi connectivity index (χ0v) is 14.3. The van der Waals surface area contributed by atoms with Gasteiger partial charge in [-0.1, -0.05) is 13.8 Å². The monoisotopic (exact) mass is 333 g/mol. The lowest BCUT2D eigenvalue weighted by Crippen LogP contribution is -2.31. The van der Waals surface area contributed by atoms with Gasteiger partial charge in [0.1, 0.15) is 24.0 Å². The summed E-state index contributed by atoms with van der Waals surface area (Å²) in [6.07, 6.45) is 0. The van der Waals surface area contributed by atoms with Crippen molar-refractivity contribution in [2.75, 3.05) is 0 Å². The van der Waals surface area contributed by atoms with Gasteiger partial charge >= 0.3 is 0 Å². The lowest BCUT2D eigenvalue weighted by molar-refractivity contribution is -0.122. The minimum absolute atomic E-state index is 0.0127. The van der Waals surface area contributed by atoms with Crippen LogP contribution in [0.3, 0.4) is 0 Å². The predicted molar refractivity (Wildman–Crippen MR) is 88.0 cm³/mol. The highest BCUT2D eigenvalue weighted by Gasteiger charge is 2.20. The second-order valence-corrected chi connectivity index (χ2v) is 6.04. The lowest BCUT2D eigenvalue weighted by Gasteiger charge is -2.15. The van der Waals surface area contributed by atoms with Gasteiger partial charge in [-0.05, 0) is 19.8 Å². The van der Waals surface area contributed by atoms with E-state index in [1.807, 2.05) is 13.8 Å². The molecule has 0 radical (unpaired) electrons. The molecule has 0 aliphatic carbocycles. The molecule has 0 saturated heterocycles. The fraction of sp³-hybridized carbons (Fsp3) is 0.533. The summed E-state index contributed by atoms with van der Waals surface area (Å²) in [6.45, 7) is 7.60. The number of aromatic amines is 1. The smallest absolute Gasteiger partial charge is 0.251 e. The number of carbonyl (C=O) groups is 1. The zero-order valence-electron chi connectivity index (χ0n) is 14.3. The molecule has 0 aromatic carbocycles. The first-order chi connectivity index (χ1) is 11.3. The Labute approximate surface area is 139 Å². The molecular formula is C15H23N7O2. The van der Waals surface area contributed by atoms with Crippen molar-refractivity contribution in [2.24, 2.45) is 11.7 Å². The number of hydrogen-bond donors (Lipinski definition) is 3. The number of aromatic nitrogens is 5. The number of rotatable bonds is 6. The molecule has 0 aliphatic rings. The van der Waals surface area contributed by atoms with Crippen LogP contribution in [0, 0.1) is 19.8 Å². The molecule has 0 fully saturated rings. The SMILES string of the molecule is Cc1nc([C@@H](N)C(C)C)n(CC(=O)NCc2cc(=O)[nH]c(C)n2)n1. The quantitative estimate of drug-likeness (QED) is 0.679. The van der Waals surface area contributed by atoms with Crippen LogP contribution in [0.4, 0.5) is 0 Å². The Kier molecular flexibility index (Phi) is 5.45. The van der Waals surface area contributed by atoms with E-state index in [1.165, 1.54) is 10.7 Å². The Bertz CT molecular complexity index is 778. The van der Waals surface area contributed by atoms with Crippen LogP contribution >= 0.6 is 0 Å². The standard InChI is InChI=1S/C15H23N7O2/c1-8(2)14(16)15-20-10(4)21-22(15)7-13(24)17-6-11-5-12(23)19-9(3)18-11/h5,8,14H,6-7,16H2,1-4H3,(H,17,24)(H,18,19,23)/t14-/m0/s1. The van der Waals surface area contributed by atoms with E-state index in [4.69, 9.17) is 5.73 Å². The van der Waals surface area contributed by atoms with Crippen LogP contribution in [0.1, 0.15) is 43.1 Å². The summed E-state index contributed by atoms with van der Waals surface area (Å²) in [5.41, 5.74) is 6.37. The highest BCUT2D eigenvalue weighted by Crippen LogP contribution is 2.16. The summed E-state index contributed by atoms with van der Waals surface area (Å²) in [6, 6.07) is 1.06.